The number of alkyl halides is 3. The third kappa shape index (κ3) is 4.24. The number of hydrogen-bond donors (Lipinski definition) is 0. The van der Waals surface area contributed by atoms with Crippen molar-refractivity contribution in [1.29, 1.82) is 0 Å². The Morgan fingerprint density at radius 3 is 2.32 bits per heavy atom. The summed E-state index contributed by atoms with van der Waals surface area (Å²) >= 11 is 0.700. The van der Waals surface area contributed by atoms with Crippen LogP contribution < -0.4 is 0 Å². The third-order valence-electron chi connectivity index (χ3n) is 2.23. The molecule has 0 unspecified atom stereocenters. The third-order valence-corrected chi connectivity index (χ3v) is 4.23. The summed E-state index contributed by atoms with van der Waals surface area (Å²) in [5.41, 5.74) is -1.40. The lowest BCUT2D eigenvalue weighted by Gasteiger charge is -2.15. The number of sulfone groups is 1. The predicted molar refractivity (Wildman–Crippen MR) is 66.5 cm³/mol. The van der Waals surface area contributed by atoms with E-state index in [2.05, 4.69) is 0 Å². The van der Waals surface area contributed by atoms with Crippen molar-refractivity contribution in [2.24, 2.45) is 0 Å². The van der Waals surface area contributed by atoms with E-state index in [4.69, 9.17) is 0 Å². The zero-order valence-corrected chi connectivity index (χ0v) is 11.7. The van der Waals surface area contributed by atoms with Gasteiger partial charge in [-0.3, -0.25) is 4.79 Å². The van der Waals surface area contributed by atoms with Crippen LogP contribution in [0.4, 0.5) is 13.2 Å². The molecule has 0 aromatic heterocycles. The average Bonchev–Trinajstić information content (AvgIpc) is 2.23. The smallest absolute Gasteiger partial charge is 0.288 e. The quantitative estimate of drug-likeness (QED) is 0.861. The maximum Gasteiger partial charge on any atom is 0.417 e. The van der Waals surface area contributed by atoms with E-state index >= 15 is 0 Å². The highest BCUT2D eigenvalue weighted by Gasteiger charge is 2.38. The van der Waals surface area contributed by atoms with E-state index in [-0.39, 0.29) is 16.4 Å². The second-order valence-corrected chi connectivity index (χ2v) is 6.98. The molecule has 0 fully saturated rings. The van der Waals surface area contributed by atoms with Crippen molar-refractivity contribution >= 4 is 26.7 Å². The number of carbonyl (C=O) groups excluding carboxylic acids is 1. The van der Waals surface area contributed by atoms with Gasteiger partial charge in [0.15, 0.2) is 15.0 Å². The average molecular weight is 312 g/mol. The van der Waals surface area contributed by atoms with Gasteiger partial charge < -0.3 is 0 Å². The van der Waals surface area contributed by atoms with Crippen molar-refractivity contribution < 1.29 is 26.4 Å². The largest absolute Gasteiger partial charge is 0.417 e. The zero-order valence-electron chi connectivity index (χ0n) is 10.1. The Labute approximate surface area is 113 Å². The fourth-order valence-electron chi connectivity index (χ4n) is 1.51. The SMILES string of the molecule is CC(=O)SCc1cccc(S(C)(=O)=O)c1C(F)(F)F. The normalized spacial score (nSPS) is 12.5. The van der Waals surface area contributed by atoms with Gasteiger partial charge in [-0.05, 0) is 11.6 Å². The van der Waals surface area contributed by atoms with E-state index in [1.165, 1.54) is 19.1 Å². The van der Waals surface area contributed by atoms with Crippen molar-refractivity contribution in [3.63, 3.8) is 0 Å². The van der Waals surface area contributed by atoms with E-state index in [0.29, 0.717) is 11.8 Å². The Hall–Kier alpha value is -1.02. The van der Waals surface area contributed by atoms with Crippen molar-refractivity contribution in [2.45, 2.75) is 23.7 Å². The number of hydrogen-bond acceptors (Lipinski definition) is 4. The molecule has 0 spiro atoms. The van der Waals surface area contributed by atoms with Crippen LogP contribution in [-0.2, 0) is 26.6 Å². The molecule has 0 aliphatic rings. The molecule has 3 nitrogen and oxygen atoms in total. The second-order valence-electron chi connectivity index (χ2n) is 3.84. The maximum absolute atomic E-state index is 13.0. The number of rotatable bonds is 3. The molecule has 0 N–H and O–H groups in total. The van der Waals surface area contributed by atoms with Gasteiger partial charge in [-0.1, -0.05) is 23.9 Å². The molecule has 0 radical (unpaired) electrons. The summed E-state index contributed by atoms with van der Waals surface area (Å²) < 4.78 is 61.8. The van der Waals surface area contributed by atoms with Crippen molar-refractivity contribution in [3.05, 3.63) is 29.3 Å². The minimum atomic E-state index is -4.79. The van der Waals surface area contributed by atoms with Crippen LogP contribution in [-0.4, -0.2) is 19.8 Å². The van der Waals surface area contributed by atoms with Crippen molar-refractivity contribution in [2.75, 3.05) is 6.26 Å². The van der Waals surface area contributed by atoms with Gasteiger partial charge in [0.1, 0.15) is 0 Å². The van der Waals surface area contributed by atoms with E-state index in [0.717, 1.165) is 12.3 Å². The highest BCUT2D eigenvalue weighted by Crippen LogP contribution is 2.38. The van der Waals surface area contributed by atoms with E-state index in [1.807, 2.05) is 0 Å². The lowest BCUT2D eigenvalue weighted by molar-refractivity contribution is -0.140. The summed E-state index contributed by atoms with van der Waals surface area (Å²) in [6.45, 7) is 1.23. The molecule has 0 saturated heterocycles. The second kappa shape index (κ2) is 5.54. The Balaban J connectivity index is 3.44. The molecule has 0 amide bonds. The van der Waals surface area contributed by atoms with Crippen LogP contribution in [0.1, 0.15) is 18.1 Å². The minimum Gasteiger partial charge on any atom is -0.288 e. The molecule has 8 heteroatoms. The predicted octanol–water partition coefficient (Wildman–Crippen LogP) is 2.89. The fourth-order valence-corrected chi connectivity index (χ4v) is 3.05. The van der Waals surface area contributed by atoms with Crippen LogP contribution in [0.15, 0.2) is 23.1 Å². The molecule has 0 bridgehead atoms. The van der Waals surface area contributed by atoms with Crippen LogP contribution in [0.5, 0.6) is 0 Å². The Bertz CT molecular complexity index is 592. The summed E-state index contributed by atoms with van der Waals surface area (Å²) in [5, 5.41) is -0.335. The Morgan fingerprint density at radius 1 is 1.32 bits per heavy atom. The molecule has 1 aromatic rings. The van der Waals surface area contributed by atoms with Gasteiger partial charge in [0.2, 0.25) is 0 Å². The summed E-state index contributed by atoms with van der Waals surface area (Å²) in [5.74, 6) is -0.215. The first-order chi connectivity index (χ1) is 8.53. The number of benzene rings is 1. The first-order valence-electron chi connectivity index (χ1n) is 5.06. The summed E-state index contributed by atoms with van der Waals surface area (Å²) in [6.07, 6.45) is -4.06. The molecule has 1 rings (SSSR count). The molecule has 0 aliphatic carbocycles. The molecule has 0 heterocycles. The van der Waals surface area contributed by atoms with Gasteiger partial charge in [-0.15, -0.1) is 0 Å². The molecule has 106 valence electrons. The van der Waals surface area contributed by atoms with Gasteiger partial charge in [0.25, 0.3) is 0 Å². The maximum atomic E-state index is 13.0. The van der Waals surface area contributed by atoms with Gasteiger partial charge in [0, 0.05) is 18.9 Å². The van der Waals surface area contributed by atoms with Gasteiger partial charge in [-0.2, -0.15) is 13.2 Å². The lowest BCUT2D eigenvalue weighted by atomic mass is 10.1. The lowest BCUT2D eigenvalue weighted by Crippen LogP contribution is -2.15. The van der Waals surface area contributed by atoms with Crippen molar-refractivity contribution in [1.82, 2.24) is 0 Å². The summed E-state index contributed by atoms with van der Waals surface area (Å²) in [7, 11) is -3.99. The number of halogens is 3. The molecule has 0 saturated carbocycles. The Kier molecular flexibility index (Phi) is 4.67. The molecule has 0 atom stereocenters. The molecular formula is C11H11F3O3S2. The topological polar surface area (TPSA) is 51.2 Å². The van der Waals surface area contributed by atoms with Crippen LogP contribution in [0.25, 0.3) is 0 Å². The highest BCUT2D eigenvalue weighted by atomic mass is 32.2. The summed E-state index contributed by atoms with van der Waals surface area (Å²) in [4.78, 5) is 10.1. The van der Waals surface area contributed by atoms with Crippen LogP contribution in [0.3, 0.4) is 0 Å². The Morgan fingerprint density at radius 2 is 1.89 bits per heavy atom. The van der Waals surface area contributed by atoms with Gasteiger partial charge >= 0.3 is 6.18 Å². The molecule has 0 aliphatic heterocycles. The van der Waals surface area contributed by atoms with E-state index < -0.39 is 26.5 Å². The fraction of sp³-hybridized carbons (Fsp3) is 0.364. The standard InChI is InChI=1S/C11H11F3O3S2/c1-7(15)18-6-8-4-3-5-9(19(2,16)17)10(8)11(12,13)14/h3-5H,6H2,1-2H3. The molecule has 1 aromatic carbocycles. The molecular weight excluding hydrogens is 301 g/mol. The first kappa shape index (κ1) is 16.0. The number of carbonyl (C=O) groups is 1. The van der Waals surface area contributed by atoms with Crippen LogP contribution in [0, 0.1) is 0 Å². The van der Waals surface area contributed by atoms with E-state index in [9.17, 15) is 26.4 Å². The van der Waals surface area contributed by atoms with E-state index in [1.54, 1.807) is 0 Å². The monoisotopic (exact) mass is 312 g/mol. The summed E-state index contributed by atoms with van der Waals surface area (Å²) in [6, 6.07) is 3.33. The van der Waals surface area contributed by atoms with Gasteiger partial charge in [-0.25, -0.2) is 8.42 Å². The molecule has 19 heavy (non-hydrogen) atoms. The van der Waals surface area contributed by atoms with Crippen LogP contribution in [0.2, 0.25) is 0 Å². The van der Waals surface area contributed by atoms with Crippen molar-refractivity contribution in [3.8, 4) is 0 Å². The van der Waals surface area contributed by atoms with Gasteiger partial charge in [0.05, 0.1) is 10.5 Å². The number of thioether (sulfide) groups is 1. The minimum absolute atomic E-state index is 0.212. The first-order valence-corrected chi connectivity index (χ1v) is 7.93. The zero-order chi connectivity index (χ0) is 14.8. The highest BCUT2D eigenvalue weighted by molar-refractivity contribution is 8.12. The van der Waals surface area contributed by atoms with Crippen LogP contribution >= 0.6 is 11.8 Å².